The smallest absolute Gasteiger partial charge is 0.228 e. The number of carbonyl (C=O) groups is 1. The average molecular weight is 275 g/mol. The first-order chi connectivity index (χ1) is 9.04. The predicted octanol–water partition coefficient (Wildman–Crippen LogP) is 3.41. The van der Waals surface area contributed by atoms with E-state index in [0.717, 1.165) is 11.1 Å². The molecule has 3 nitrogen and oxygen atoms in total. The Morgan fingerprint density at radius 1 is 1.21 bits per heavy atom. The molecule has 98 valence electrons. The molecule has 0 atom stereocenters. The van der Waals surface area contributed by atoms with Gasteiger partial charge in [0.25, 0.3) is 0 Å². The van der Waals surface area contributed by atoms with Gasteiger partial charge in [-0.25, -0.2) is 0 Å². The number of rotatable bonds is 3. The Morgan fingerprint density at radius 3 is 2.53 bits per heavy atom. The molecule has 0 aliphatic rings. The van der Waals surface area contributed by atoms with Crippen molar-refractivity contribution in [2.24, 2.45) is 0 Å². The number of carbonyl (C=O) groups excluding carboxylic acids is 1. The van der Waals surface area contributed by atoms with Gasteiger partial charge in [0.15, 0.2) is 0 Å². The van der Waals surface area contributed by atoms with E-state index in [0.29, 0.717) is 22.8 Å². The minimum absolute atomic E-state index is 0.0790. The molecular weight excluding hydrogens is 260 g/mol. The lowest BCUT2D eigenvalue weighted by molar-refractivity contribution is -0.115. The van der Waals surface area contributed by atoms with Crippen molar-refractivity contribution in [2.45, 2.75) is 13.3 Å². The summed E-state index contributed by atoms with van der Waals surface area (Å²) in [6, 6.07) is 12.7. The van der Waals surface area contributed by atoms with Crippen molar-refractivity contribution < 1.29 is 4.79 Å². The molecular formula is C15H15ClN2O. The molecule has 0 radical (unpaired) electrons. The van der Waals surface area contributed by atoms with Gasteiger partial charge in [0, 0.05) is 16.4 Å². The third kappa shape index (κ3) is 3.73. The molecule has 0 spiro atoms. The van der Waals surface area contributed by atoms with Crippen LogP contribution in [0.5, 0.6) is 0 Å². The van der Waals surface area contributed by atoms with E-state index in [-0.39, 0.29) is 5.91 Å². The minimum atomic E-state index is -0.0790. The zero-order valence-corrected chi connectivity index (χ0v) is 11.4. The number of amides is 1. The van der Waals surface area contributed by atoms with Crippen LogP contribution >= 0.6 is 11.6 Å². The number of hydrogen-bond donors (Lipinski definition) is 2. The Hall–Kier alpha value is -2.00. The van der Waals surface area contributed by atoms with Crippen LogP contribution in [0.25, 0.3) is 0 Å². The third-order valence-corrected chi connectivity index (χ3v) is 3.21. The quantitative estimate of drug-likeness (QED) is 0.843. The maximum absolute atomic E-state index is 11.9. The van der Waals surface area contributed by atoms with Gasteiger partial charge in [0.05, 0.1) is 6.42 Å². The van der Waals surface area contributed by atoms with Crippen molar-refractivity contribution >= 4 is 28.9 Å². The van der Waals surface area contributed by atoms with E-state index in [1.807, 2.05) is 31.2 Å². The highest BCUT2D eigenvalue weighted by Gasteiger charge is 2.05. The van der Waals surface area contributed by atoms with E-state index in [4.69, 9.17) is 17.3 Å². The SMILES string of the molecule is Cc1ccc(NC(=O)Cc2ccc(N)cc2)cc1Cl. The molecule has 0 aromatic heterocycles. The molecule has 0 aliphatic heterocycles. The maximum atomic E-state index is 11.9. The summed E-state index contributed by atoms with van der Waals surface area (Å²) in [5.74, 6) is -0.0790. The van der Waals surface area contributed by atoms with E-state index < -0.39 is 0 Å². The van der Waals surface area contributed by atoms with Crippen LogP contribution in [0.2, 0.25) is 5.02 Å². The first-order valence-corrected chi connectivity index (χ1v) is 6.33. The lowest BCUT2D eigenvalue weighted by atomic mass is 10.1. The van der Waals surface area contributed by atoms with Gasteiger partial charge in [0.1, 0.15) is 0 Å². The molecule has 0 heterocycles. The topological polar surface area (TPSA) is 55.1 Å². The van der Waals surface area contributed by atoms with E-state index in [1.54, 1.807) is 18.2 Å². The second-order valence-electron chi connectivity index (χ2n) is 4.43. The van der Waals surface area contributed by atoms with E-state index in [9.17, 15) is 4.79 Å². The highest BCUT2D eigenvalue weighted by molar-refractivity contribution is 6.31. The van der Waals surface area contributed by atoms with Gasteiger partial charge < -0.3 is 11.1 Å². The summed E-state index contributed by atoms with van der Waals surface area (Å²) in [7, 11) is 0. The fourth-order valence-corrected chi connectivity index (χ4v) is 1.88. The monoisotopic (exact) mass is 274 g/mol. The molecule has 1 amide bonds. The fourth-order valence-electron chi connectivity index (χ4n) is 1.70. The Morgan fingerprint density at radius 2 is 1.89 bits per heavy atom. The number of nitrogen functional groups attached to an aromatic ring is 1. The zero-order valence-electron chi connectivity index (χ0n) is 10.6. The number of halogens is 1. The lowest BCUT2D eigenvalue weighted by Crippen LogP contribution is -2.14. The van der Waals surface area contributed by atoms with Gasteiger partial charge in [-0.2, -0.15) is 0 Å². The highest BCUT2D eigenvalue weighted by atomic mass is 35.5. The van der Waals surface area contributed by atoms with Gasteiger partial charge in [-0.15, -0.1) is 0 Å². The van der Waals surface area contributed by atoms with Crippen LogP contribution in [0.15, 0.2) is 42.5 Å². The number of aryl methyl sites for hydroxylation is 1. The maximum Gasteiger partial charge on any atom is 0.228 e. The molecule has 0 saturated carbocycles. The normalized spacial score (nSPS) is 10.2. The van der Waals surface area contributed by atoms with Crippen LogP contribution < -0.4 is 11.1 Å². The van der Waals surface area contributed by atoms with Crippen molar-refractivity contribution in [3.63, 3.8) is 0 Å². The molecule has 19 heavy (non-hydrogen) atoms. The molecule has 0 saturated heterocycles. The average Bonchev–Trinajstić information content (AvgIpc) is 2.37. The summed E-state index contributed by atoms with van der Waals surface area (Å²) in [4.78, 5) is 11.9. The number of benzene rings is 2. The van der Waals surface area contributed by atoms with E-state index >= 15 is 0 Å². The minimum Gasteiger partial charge on any atom is -0.399 e. The second kappa shape index (κ2) is 5.76. The van der Waals surface area contributed by atoms with Crippen LogP contribution in [-0.2, 0) is 11.2 Å². The van der Waals surface area contributed by atoms with Gasteiger partial charge in [-0.1, -0.05) is 29.8 Å². The second-order valence-corrected chi connectivity index (χ2v) is 4.84. The number of anilines is 2. The van der Waals surface area contributed by atoms with Crippen LogP contribution in [0, 0.1) is 6.92 Å². The van der Waals surface area contributed by atoms with Crippen LogP contribution in [0.1, 0.15) is 11.1 Å². The molecule has 4 heteroatoms. The van der Waals surface area contributed by atoms with Gasteiger partial charge in [0.2, 0.25) is 5.91 Å². The highest BCUT2D eigenvalue weighted by Crippen LogP contribution is 2.20. The van der Waals surface area contributed by atoms with Crippen molar-refractivity contribution in [3.05, 3.63) is 58.6 Å². The predicted molar refractivity (Wildman–Crippen MR) is 79.4 cm³/mol. The first kappa shape index (κ1) is 13.4. The fraction of sp³-hybridized carbons (Fsp3) is 0.133. The molecule has 0 fully saturated rings. The molecule has 2 aromatic rings. The Labute approximate surface area is 117 Å². The Balaban J connectivity index is 2.01. The third-order valence-electron chi connectivity index (χ3n) is 2.80. The van der Waals surface area contributed by atoms with Gasteiger partial charge in [-0.05, 0) is 42.3 Å². The summed E-state index contributed by atoms with van der Waals surface area (Å²) >= 11 is 6.01. The Bertz CT molecular complexity index is 594. The molecule has 0 bridgehead atoms. The standard InChI is InChI=1S/C15H15ClN2O/c1-10-2-7-13(9-14(10)16)18-15(19)8-11-3-5-12(17)6-4-11/h2-7,9H,8,17H2,1H3,(H,18,19). The summed E-state index contributed by atoms with van der Waals surface area (Å²) in [5, 5.41) is 3.46. The van der Waals surface area contributed by atoms with Crippen molar-refractivity contribution in [3.8, 4) is 0 Å². The lowest BCUT2D eigenvalue weighted by Gasteiger charge is -2.07. The number of nitrogens with two attached hydrogens (primary N) is 1. The number of nitrogens with one attached hydrogen (secondary N) is 1. The van der Waals surface area contributed by atoms with Crippen LogP contribution in [-0.4, -0.2) is 5.91 Å². The summed E-state index contributed by atoms with van der Waals surface area (Å²) < 4.78 is 0. The summed E-state index contributed by atoms with van der Waals surface area (Å²) in [6.07, 6.45) is 0.311. The van der Waals surface area contributed by atoms with E-state index in [2.05, 4.69) is 5.32 Å². The molecule has 2 aromatic carbocycles. The summed E-state index contributed by atoms with van der Waals surface area (Å²) in [6.45, 7) is 1.92. The van der Waals surface area contributed by atoms with Crippen LogP contribution in [0.3, 0.4) is 0 Å². The van der Waals surface area contributed by atoms with Crippen molar-refractivity contribution in [1.82, 2.24) is 0 Å². The summed E-state index contributed by atoms with van der Waals surface area (Å²) in [5.41, 5.74) is 8.90. The van der Waals surface area contributed by atoms with Crippen molar-refractivity contribution in [1.29, 1.82) is 0 Å². The molecule has 0 aliphatic carbocycles. The van der Waals surface area contributed by atoms with Gasteiger partial charge in [-0.3, -0.25) is 4.79 Å². The Kier molecular flexibility index (Phi) is 4.07. The largest absolute Gasteiger partial charge is 0.399 e. The first-order valence-electron chi connectivity index (χ1n) is 5.95. The van der Waals surface area contributed by atoms with Gasteiger partial charge >= 0.3 is 0 Å². The van der Waals surface area contributed by atoms with Crippen molar-refractivity contribution in [2.75, 3.05) is 11.1 Å². The van der Waals surface area contributed by atoms with E-state index in [1.165, 1.54) is 0 Å². The molecule has 0 unspecified atom stereocenters. The molecule has 2 rings (SSSR count). The molecule has 3 N–H and O–H groups in total. The van der Waals surface area contributed by atoms with Crippen LogP contribution in [0.4, 0.5) is 11.4 Å². The zero-order chi connectivity index (χ0) is 13.8. The number of hydrogen-bond acceptors (Lipinski definition) is 2.